The molecule has 1 N–H and O–H groups in total. The second-order valence-corrected chi connectivity index (χ2v) is 6.63. The first-order chi connectivity index (χ1) is 12.6. The summed E-state index contributed by atoms with van der Waals surface area (Å²) in [7, 11) is 0. The quantitative estimate of drug-likeness (QED) is 0.830. The van der Waals surface area contributed by atoms with Crippen molar-refractivity contribution in [2.75, 3.05) is 31.1 Å². The van der Waals surface area contributed by atoms with E-state index in [-0.39, 0.29) is 30.4 Å². The predicted octanol–water partition coefficient (Wildman–Crippen LogP) is 1.70. The lowest BCUT2D eigenvalue weighted by Gasteiger charge is -2.31. The van der Waals surface area contributed by atoms with E-state index >= 15 is 0 Å². The Labute approximate surface area is 153 Å². The molecule has 1 aromatic carbocycles. The molecule has 140 valence electrons. The number of rotatable bonds is 4. The normalized spacial score (nSPS) is 17.0. The van der Waals surface area contributed by atoms with Gasteiger partial charge in [0.15, 0.2) is 0 Å². The van der Waals surface area contributed by atoms with E-state index in [0.29, 0.717) is 39.1 Å². The molecule has 3 amide bonds. The van der Waals surface area contributed by atoms with Crippen molar-refractivity contribution in [1.29, 1.82) is 0 Å². The summed E-state index contributed by atoms with van der Waals surface area (Å²) in [6.45, 7) is 3.87. The van der Waals surface area contributed by atoms with E-state index in [0.717, 1.165) is 17.7 Å². The number of likely N-dealkylation sites (tertiary alicyclic amines) is 1. The number of anilines is 1. The highest BCUT2D eigenvalue weighted by Gasteiger charge is 2.28. The number of para-hydroxylation sites is 1. The topological polar surface area (TPSA) is 79.0 Å². The van der Waals surface area contributed by atoms with Crippen LogP contribution in [0.5, 0.6) is 0 Å². The van der Waals surface area contributed by atoms with Crippen molar-refractivity contribution in [3.63, 3.8) is 0 Å². The van der Waals surface area contributed by atoms with Gasteiger partial charge in [0.25, 0.3) is 0 Å². The molecule has 1 saturated heterocycles. The van der Waals surface area contributed by atoms with Gasteiger partial charge in [-0.15, -0.1) is 0 Å². The van der Waals surface area contributed by atoms with Crippen LogP contribution in [0.1, 0.15) is 31.7 Å². The molecule has 0 aromatic heterocycles. The average Bonchev–Trinajstić information content (AvgIpc) is 3.06. The predicted molar refractivity (Wildman–Crippen MR) is 96.9 cm³/mol. The molecule has 0 atom stereocenters. The van der Waals surface area contributed by atoms with Gasteiger partial charge in [0.2, 0.25) is 11.8 Å². The van der Waals surface area contributed by atoms with Crippen molar-refractivity contribution in [1.82, 2.24) is 10.2 Å². The monoisotopic (exact) mass is 359 g/mol. The molecule has 3 rings (SSSR count). The Kier molecular flexibility index (Phi) is 5.75. The molecule has 0 saturated carbocycles. The van der Waals surface area contributed by atoms with E-state index in [1.807, 2.05) is 24.3 Å². The maximum Gasteiger partial charge on any atom is 0.409 e. The van der Waals surface area contributed by atoms with Gasteiger partial charge in [0.1, 0.15) is 6.42 Å². The maximum absolute atomic E-state index is 12.5. The van der Waals surface area contributed by atoms with Crippen LogP contribution in [0.15, 0.2) is 24.3 Å². The largest absolute Gasteiger partial charge is 0.450 e. The number of benzene rings is 1. The number of nitrogens with zero attached hydrogens (tertiary/aromatic N) is 2. The van der Waals surface area contributed by atoms with Crippen LogP contribution in [-0.4, -0.2) is 55.1 Å². The van der Waals surface area contributed by atoms with Gasteiger partial charge in [-0.05, 0) is 37.8 Å². The fraction of sp³-hybridized carbons (Fsp3) is 0.526. The lowest BCUT2D eigenvalue weighted by molar-refractivity contribution is -0.128. The van der Waals surface area contributed by atoms with Crippen LogP contribution in [0, 0.1) is 0 Å². The number of piperidine rings is 1. The minimum atomic E-state index is -0.305. The maximum atomic E-state index is 12.5. The van der Waals surface area contributed by atoms with Gasteiger partial charge in [-0.2, -0.15) is 0 Å². The Morgan fingerprint density at radius 1 is 1.15 bits per heavy atom. The molecule has 0 spiro atoms. The summed E-state index contributed by atoms with van der Waals surface area (Å²) >= 11 is 0. The van der Waals surface area contributed by atoms with E-state index in [1.54, 1.807) is 16.7 Å². The lowest BCUT2D eigenvalue weighted by atomic mass is 10.1. The molecular weight excluding hydrogens is 334 g/mol. The Hall–Kier alpha value is -2.57. The molecule has 7 nitrogen and oxygen atoms in total. The van der Waals surface area contributed by atoms with Crippen molar-refractivity contribution in [3.05, 3.63) is 29.8 Å². The van der Waals surface area contributed by atoms with Crippen LogP contribution in [-0.2, 0) is 20.7 Å². The van der Waals surface area contributed by atoms with E-state index in [2.05, 4.69) is 5.32 Å². The molecule has 26 heavy (non-hydrogen) atoms. The molecular formula is C19H25N3O4. The summed E-state index contributed by atoms with van der Waals surface area (Å²) in [5, 5.41) is 2.92. The van der Waals surface area contributed by atoms with E-state index in [1.165, 1.54) is 0 Å². The minimum Gasteiger partial charge on any atom is -0.450 e. The molecule has 0 radical (unpaired) electrons. The van der Waals surface area contributed by atoms with Crippen molar-refractivity contribution < 1.29 is 19.1 Å². The van der Waals surface area contributed by atoms with Gasteiger partial charge in [-0.3, -0.25) is 9.59 Å². The van der Waals surface area contributed by atoms with E-state index in [4.69, 9.17) is 4.74 Å². The summed E-state index contributed by atoms with van der Waals surface area (Å²) in [6.07, 6.45) is 1.72. The van der Waals surface area contributed by atoms with Crippen LogP contribution in [0.2, 0.25) is 0 Å². The van der Waals surface area contributed by atoms with Gasteiger partial charge in [0, 0.05) is 31.4 Å². The van der Waals surface area contributed by atoms with Crippen LogP contribution >= 0.6 is 0 Å². The summed E-state index contributed by atoms with van der Waals surface area (Å²) in [5.74, 6) is -0.426. The number of hydrogen-bond donors (Lipinski definition) is 1. The Morgan fingerprint density at radius 2 is 1.88 bits per heavy atom. The van der Waals surface area contributed by atoms with Crippen LogP contribution in [0.3, 0.4) is 0 Å². The summed E-state index contributed by atoms with van der Waals surface area (Å²) in [5.41, 5.74) is 2.06. The Morgan fingerprint density at radius 3 is 2.62 bits per heavy atom. The standard InChI is InChI=1S/C19H25N3O4/c1-2-26-19(25)21-10-8-15(9-11-21)20-17(23)13-18(24)22-12-7-14-5-3-4-6-16(14)22/h3-6,15H,2,7-13H2,1H3,(H,20,23). The van der Waals surface area contributed by atoms with Gasteiger partial charge >= 0.3 is 6.09 Å². The first-order valence-corrected chi connectivity index (χ1v) is 9.17. The van der Waals surface area contributed by atoms with E-state index < -0.39 is 0 Å². The highest BCUT2D eigenvalue weighted by atomic mass is 16.6. The first-order valence-electron chi connectivity index (χ1n) is 9.17. The molecule has 2 aliphatic rings. The minimum absolute atomic E-state index is 0.00755. The third-order valence-electron chi connectivity index (χ3n) is 4.89. The molecule has 0 aliphatic carbocycles. The summed E-state index contributed by atoms with van der Waals surface area (Å²) in [6, 6.07) is 7.79. The number of hydrogen-bond acceptors (Lipinski definition) is 4. The third-order valence-corrected chi connectivity index (χ3v) is 4.89. The number of amides is 3. The Bertz CT molecular complexity index is 683. The summed E-state index contributed by atoms with van der Waals surface area (Å²) in [4.78, 5) is 39.7. The van der Waals surface area contributed by atoms with Crippen LogP contribution in [0.25, 0.3) is 0 Å². The number of fused-ring (bicyclic) bond motifs is 1. The lowest BCUT2D eigenvalue weighted by Crippen LogP contribution is -2.47. The van der Waals surface area contributed by atoms with Crippen molar-refractivity contribution in [2.24, 2.45) is 0 Å². The number of carbonyl (C=O) groups excluding carboxylic acids is 3. The molecule has 0 unspecified atom stereocenters. The average molecular weight is 359 g/mol. The zero-order valence-electron chi connectivity index (χ0n) is 15.1. The molecule has 0 bridgehead atoms. The van der Waals surface area contributed by atoms with Crippen LogP contribution < -0.4 is 10.2 Å². The Balaban J connectivity index is 1.45. The number of carbonyl (C=O) groups is 3. The fourth-order valence-corrected chi connectivity index (χ4v) is 3.53. The molecule has 2 heterocycles. The molecule has 1 fully saturated rings. The second-order valence-electron chi connectivity index (χ2n) is 6.63. The number of ether oxygens (including phenoxy) is 1. The zero-order chi connectivity index (χ0) is 18.5. The van der Waals surface area contributed by atoms with Crippen molar-refractivity contribution >= 4 is 23.6 Å². The molecule has 7 heteroatoms. The third kappa shape index (κ3) is 4.15. The highest BCUT2D eigenvalue weighted by molar-refractivity contribution is 6.06. The second kappa shape index (κ2) is 8.21. The number of nitrogens with one attached hydrogen (secondary N) is 1. The summed E-state index contributed by atoms with van der Waals surface area (Å²) < 4.78 is 4.99. The van der Waals surface area contributed by atoms with E-state index in [9.17, 15) is 14.4 Å². The van der Waals surface area contributed by atoms with Gasteiger partial charge in [0.05, 0.1) is 6.61 Å². The first kappa shape index (κ1) is 18.2. The highest BCUT2D eigenvalue weighted by Crippen LogP contribution is 2.27. The van der Waals surface area contributed by atoms with Gasteiger partial charge < -0.3 is 19.9 Å². The molecule has 2 aliphatic heterocycles. The van der Waals surface area contributed by atoms with Gasteiger partial charge in [-0.25, -0.2) is 4.79 Å². The SMILES string of the molecule is CCOC(=O)N1CCC(NC(=O)CC(=O)N2CCc3ccccc32)CC1. The van der Waals surface area contributed by atoms with Crippen molar-refractivity contribution in [2.45, 2.75) is 38.6 Å². The van der Waals surface area contributed by atoms with Gasteiger partial charge in [-0.1, -0.05) is 18.2 Å². The zero-order valence-corrected chi connectivity index (χ0v) is 15.1. The van der Waals surface area contributed by atoms with Crippen LogP contribution in [0.4, 0.5) is 10.5 Å². The molecule has 1 aromatic rings. The fourth-order valence-electron chi connectivity index (χ4n) is 3.53. The van der Waals surface area contributed by atoms with Crippen molar-refractivity contribution in [3.8, 4) is 0 Å². The smallest absolute Gasteiger partial charge is 0.409 e.